The first-order valence-electron chi connectivity index (χ1n) is 4.53. The molecule has 0 unspecified atom stereocenters. The Balaban J connectivity index is 2.48. The zero-order valence-electron chi connectivity index (χ0n) is 8.12. The highest BCUT2D eigenvalue weighted by atomic mass is 32.1. The van der Waals surface area contributed by atoms with Gasteiger partial charge in [0.15, 0.2) is 0 Å². The summed E-state index contributed by atoms with van der Waals surface area (Å²) in [5, 5.41) is 3.83. The molecule has 72 valence electrons. The zero-order valence-corrected chi connectivity index (χ0v) is 8.93. The predicted molar refractivity (Wildman–Crippen MR) is 56.2 cm³/mol. The van der Waals surface area contributed by atoms with E-state index in [9.17, 15) is 4.79 Å². The quantitative estimate of drug-likeness (QED) is 0.726. The molecule has 2 nitrogen and oxygen atoms in total. The van der Waals surface area contributed by atoms with Gasteiger partial charge in [-0.25, -0.2) is 0 Å². The summed E-state index contributed by atoms with van der Waals surface area (Å²) < 4.78 is 0. The molecule has 0 atom stereocenters. The van der Waals surface area contributed by atoms with Crippen molar-refractivity contribution in [3.8, 4) is 0 Å². The van der Waals surface area contributed by atoms with Gasteiger partial charge in [0.25, 0.3) is 5.91 Å². The van der Waals surface area contributed by atoms with E-state index >= 15 is 0 Å². The second-order valence-electron chi connectivity index (χ2n) is 3.09. The van der Waals surface area contributed by atoms with Gasteiger partial charge < -0.3 is 4.90 Å². The van der Waals surface area contributed by atoms with Crippen molar-refractivity contribution in [2.75, 3.05) is 13.6 Å². The number of rotatable bonds is 4. The molecule has 0 bridgehead atoms. The van der Waals surface area contributed by atoms with Crippen LogP contribution >= 0.6 is 11.3 Å². The molecule has 0 N–H and O–H groups in total. The average Bonchev–Trinajstić information content (AvgIpc) is 2.65. The van der Waals surface area contributed by atoms with Crippen LogP contribution in [0.25, 0.3) is 0 Å². The highest BCUT2D eigenvalue weighted by Crippen LogP contribution is 2.08. The Morgan fingerprint density at radius 2 is 2.38 bits per heavy atom. The minimum absolute atomic E-state index is 0.134. The number of unbranched alkanes of at least 4 members (excludes halogenated alkanes) is 1. The first-order valence-corrected chi connectivity index (χ1v) is 5.47. The largest absolute Gasteiger partial charge is 0.342 e. The lowest BCUT2D eigenvalue weighted by Crippen LogP contribution is -2.27. The van der Waals surface area contributed by atoms with Crippen molar-refractivity contribution in [3.63, 3.8) is 0 Å². The van der Waals surface area contributed by atoms with Gasteiger partial charge in [-0.05, 0) is 17.9 Å². The van der Waals surface area contributed by atoms with Crippen molar-refractivity contribution in [1.29, 1.82) is 0 Å². The summed E-state index contributed by atoms with van der Waals surface area (Å²) in [7, 11) is 1.86. The number of nitrogens with zero attached hydrogens (tertiary/aromatic N) is 1. The second-order valence-corrected chi connectivity index (χ2v) is 3.87. The lowest BCUT2D eigenvalue weighted by Gasteiger charge is -2.15. The third-order valence-electron chi connectivity index (χ3n) is 1.96. The summed E-state index contributed by atoms with van der Waals surface area (Å²) in [4.78, 5) is 13.4. The van der Waals surface area contributed by atoms with E-state index in [0.717, 1.165) is 24.9 Å². The lowest BCUT2D eigenvalue weighted by atomic mass is 10.2. The van der Waals surface area contributed by atoms with E-state index < -0.39 is 0 Å². The third kappa shape index (κ3) is 2.84. The first-order chi connectivity index (χ1) is 6.25. The SMILES string of the molecule is CCCCN(C)C(=O)c1ccsc1. The molecule has 1 rings (SSSR count). The van der Waals surface area contributed by atoms with Gasteiger partial charge >= 0.3 is 0 Å². The molecule has 0 saturated carbocycles. The van der Waals surface area contributed by atoms with Gasteiger partial charge in [0, 0.05) is 19.0 Å². The minimum Gasteiger partial charge on any atom is -0.342 e. The second kappa shape index (κ2) is 5.02. The van der Waals surface area contributed by atoms with Crippen LogP contribution in [0.5, 0.6) is 0 Å². The van der Waals surface area contributed by atoms with Crippen molar-refractivity contribution in [2.45, 2.75) is 19.8 Å². The van der Waals surface area contributed by atoms with Gasteiger partial charge in [-0.2, -0.15) is 11.3 Å². The number of carbonyl (C=O) groups is 1. The fourth-order valence-corrected chi connectivity index (χ4v) is 1.73. The average molecular weight is 197 g/mol. The van der Waals surface area contributed by atoms with Gasteiger partial charge in [-0.15, -0.1) is 0 Å². The molecule has 0 aliphatic rings. The summed E-state index contributed by atoms with van der Waals surface area (Å²) in [5.41, 5.74) is 0.809. The Hall–Kier alpha value is -0.830. The Bertz CT molecular complexity index is 256. The van der Waals surface area contributed by atoms with E-state index in [4.69, 9.17) is 0 Å². The van der Waals surface area contributed by atoms with E-state index in [2.05, 4.69) is 6.92 Å². The maximum Gasteiger partial charge on any atom is 0.254 e. The van der Waals surface area contributed by atoms with Crippen LogP contribution in [-0.4, -0.2) is 24.4 Å². The van der Waals surface area contributed by atoms with Crippen LogP contribution in [0.3, 0.4) is 0 Å². The number of carbonyl (C=O) groups excluding carboxylic acids is 1. The van der Waals surface area contributed by atoms with Crippen LogP contribution in [-0.2, 0) is 0 Å². The molecular weight excluding hydrogens is 182 g/mol. The van der Waals surface area contributed by atoms with E-state index in [-0.39, 0.29) is 5.91 Å². The molecule has 1 aromatic rings. The van der Waals surface area contributed by atoms with Crippen LogP contribution in [0.15, 0.2) is 16.8 Å². The smallest absolute Gasteiger partial charge is 0.254 e. The zero-order chi connectivity index (χ0) is 9.68. The van der Waals surface area contributed by atoms with Crippen molar-refractivity contribution in [3.05, 3.63) is 22.4 Å². The third-order valence-corrected chi connectivity index (χ3v) is 2.65. The summed E-state index contributed by atoms with van der Waals surface area (Å²) >= 11 is 1.56. The van der Waals surface area contributed by atoms with Crippen LogP contribution in [0.4, 0.5) is 0 Å². The molecule has 0 aliphatic heterocycles. The Kier molecular flexibility index (Phi) is 3.96. The topological polar surface area (TPSA) is 20.3 Å². The van der Waals surface area contributed by atoms with Crippen LogP contribution in [0, 0.1) is 0 Å². The molecule has 3 heteroatoms. The monoisotopic (exact) mass is 197 g/mol. The van der Waals surface area contributed by atoms with Crippen molar-refractivity contribution < 1.29 is 4.79 Å². The van der Waals surface area contributed by atoms with Gasteiger partial charge in [-0.3, -0.25) is 4.79 Å². The summed E-state index contributed by atoms with van der Waals surface area (Å²) in [6, 6.07) is 1.87. The van der Waals surface area contributed by atoms with Crippen LogP contribution < -0.4 is 0 Å². The fourth-order valence-electron chi connectivity index (χ4n) is 1.10. The highest BCUT2D eigenvalue weighted by molar-refractivity contribution is 7.08. The normalized spacial score (nSPS) is 10.0. The fraction of sp³-hybridized carbons (Fsp3) is 0.500. The first kappa shape index (κ1) is 10.3. The Morgan fingerprint density at radius 3 is 2.92 bits per heavy atom. The summed E-state index contributed by atoms with van der Waals surface area (Å²) in [5.74, 6) is 0.134. The van der Waals surface area contributed by atoms with Gasteiger partial charge in [-0.1, -0.05) is 13.3 Å². The number of thiophene rings is 1. The maximum atomic E-state index is 11.6. The van der Waals surface area contributed by atoms with E-state index in [1.165, 1.54) is 0 Å². The maximum absolute atomic E-state index is 11.6. The van der Waals surface area contributed by atoms with Crippen molar-refractivity contribution in [2.24, 2.45) is 0 Å². The molecule has 0 saturated heterocycles. The molecule has 0 aliphatic carbocycles. The molecule has 1 amide bonds. The molecule has 0 radical (unpaired) electrons. The Morgan fingerprint density at radius 1 is 1.62 bits per heavy atom. The number of hydrogen-bond acceptors (Lipinski definition) is 2. The van der Waals surface area contributed by atoms with Gasteiger partial charge in [0.05, 0.1) is 5.56 Å². The minimum atomic E-state index is 0.134. The molecular formula is C10H15NOS. The number of hydrogen-bond donors (Lipinski definition) is 0. The van der Waals surface area contributed by atoms with Crippen molar-refractivity contribution in [1.82, 2.24) is 4.90 Å². The van der Waals surface area contributed by atoms with E-state index in [1.807, 2.05) is 23.9 Å². The van der Waals surface area contributed by atoms with Gasteiger partial charge in [0.1, 0.15) is 0 Å². The van der Waals surface area contributed by atoms with E-state index in [0.29, 0.717) is 0 Å². The predicted octanol–water partition coefficient (Wildman–Crippen LogP) is 2.62. The highest BCUT2D eigenvalue weighted by Gasteiger charge is 2.10. The molecule has 0 spiro atoms. The van der Waals surface area contributed by atoms with Gasteiger partial charge in [0.2, 0.25) is 0 Å². The molecule has 1 aromatic heterocycles. The lowest BCUT2D eigenvalue weighted by molar-refractivity contribution is 0.0794. The van der Waals surface area contributed by atoms with Crippen LogP contribution in [0.1, 0.15) is 30.1 Å². The number of amides is 1. The summed E-state index contributed by atoms with van der Waals surface area (Å²) in [6.45, 7) is 2.98. The summed E-state index contributed by atoms with van der Waals surface area (Å²) in [6.07, 6.45) is 2.20. The molecule has 0 fully saturated rings. The Labute approximate surface area is 83.2 Å². The van der Waals surface area contributed by atoms with Crippen LogP contribution in [0.2, 0.25) is 0 Å². The molecule has 1 heterocycles. The standard InChI is InChI=1S/C10H15NOS/c1-3-4-6-11(2)10(12)9-5-7-13-8-9/h5,7-8H,3-4,6H2,1-2H3. The molecule has 13 heavy (non-hydrogen) atoms. The van der Waals surface area contributed by atoms with E-state index in [1.54, 1.807) is 16.2 Å². The molecule has 0 aromatic carbocycles. The van der Waals surface area contributed by atoms with Crippen molar-refractivity contribution >= 4 is 17.2 Å².